The molecule has 2 rings (SSSR count). The summed E-state index contributed by atoms with van der Waals surface area (Å²) in [5.41, 5.74) is 4.05. The third-order valence-corrected chi connectivity index (χ3v) is 3.22. The molecule has 0 spiro atoms. The summed E-state index contributed by atoms with van der Waals surface area (Å²) < 4.78 is 6.20. The van der Waals surface area contributed by atoms with Gasteiger partial charge in [-0.05, 0) is 0 Å². The molecule has 116 valence electrons. The molecule has 1 aromatic rings. The van der Waals surface area contributed by atoms with Gasteiger partial charge in [0.25, 0.3) is 5.56 Å². The molecule has 0 aliphatic carbocycles. The van der Waals surface area contributed by atoms with Crippen LogP contribution in [0.15, 0.2) is 21.9 Å². The Kier molecular flexibility index (Phi) is 4.70. The second-order valence-electron chi connectivity index (χ2n) is 4.62. The van der Waals surface area contributed by atoms with E-state index in [0.717, 1.165) is 4.57 Å². The summed E-state index contributed by atoms with van der Waals surface area (Å²) in [4.78, 5) is 25.5. The van der Waals surface area contributed by atoms with E-state index in [1.807, 2.05) is 0 Å². The zero-order valence-corrected chi connectivity index (χ0v) is 11.0. The lowest BCUT2D eigenvalue weighted by molar-refractivity contribution is -0.0550. The molecule has 4 atom stereocenters. The van der Waals surface area contributed by atoms with Crippen LogP contribution in [0.1, 0.15) is 11.8 Å². The number of nitrogens with one attached hydrogen (secondary N) is 1. The third-order valence-electron chi connectivity index (χ3n) is 3.22. The largest absolute Gasteiger partial charge is 0.394 e. The van der Waals surface area contributed by atoms with E-state index in [1.165, 1.54) is 18.3 Å². The van der Waals surface area contributed by atoms with Crippen molar-refractivity contribution in [1.82, 2.24) is 9.55 Å². The van der Waals surface area contributed by atoms with Gasteiger partial charge in [0.05, 0.1) is 12.2 Å². The molecule has 6 N–H and O–H groups in total. The molecule has 0 aromatic carbocycles. The Morgan fingerprint density at radius 2 is 2.10 bits per heavy atom. The molecule has 0 radical (unpaired) electrons. The maximum atomic E-state index is 11.8. The first-order chi connectivity index (χ1) is 9.99. The molecule has 9 heteroatoms. The number of aromatic amines is 1. The van der Waals surface area contributed by atoms with Crippen molar-refractivity contribution in [2.75, 3.05) is 13.2 Å². The Labute approximate surface area is 118 Å². The van der Waals surface area contributed by atoms with Crippen LogP contribution in [0.3, 0.4) is 0 Å². The summed E-state index contributed by atoms with van der Waals surface area (Å²) in [7, 11) is 0. The summed E-state index contributed by atoms with van der Waals surface area (Å²) in [6.07, 6.45) is -0.794. The molecule has 1 saturated heterocycles. The zero-order valence-electron chi connectivity index (χ0n) is 11.0. The quantitative estimate of drug-likeness (QED) is 0.400. The van der Waals surface area contributed by atoms with Gasteiger partial charge in [-0.2, -0.15) is 0 Å². The number of nitrogens with two attached hydrogens (primary N) is 1. The molecule has 1 aliphatic heterocycles. The standard InChI is InChI=1S/C12H17N3O6/c13-3-1-2-6-4-15(12(20)14-10(6)19)11-9(18)8(17)7(5-16)21-11/h1-2,4,7-9,11,16-18H,3,5,13H2,(H,14,19,20)/t7-,8?,9+,11-/m1/s1. The van der Waals surface area contributed by atoms with Crippen LogP contribution in [0.4, 0.5) is 0 Å². The van der Waals surface area contributed by atoms with Crippen molar-refractivity contribution in [1.29, 1.82) is 0 Å². The third kappa shape index (κ3) is 2.96. The summed E-state index contributed by atoms with van der Waals surface area (Å²) >= 11 is 0. The number of H-pyrrole nitrogens is 1. The Hall–Kier alpha value is -1.78. The SMILES string of the molecule is NCC=Cc1cn([C@@H]2O[C@H](CO)C(O)[C@@H]2O)c(=O)[nH]c1=O. The number of aromatic nitrogens is 2. The van der Waals surface area contributed by atoms with Gasteiger partial charge in [0.2, 0.25) is 0 Å². The van der Waals surface area contributed by atoms with Crippen molar-refractivity contribution in [3.05, 3.63) is 38.7 Å². The summed E-state index contributed by atoms with van der Waals surface area (Å²) in [6, 6.07) is 0. The molecular formula is C12H17N3O6. The Bertz CT molecular complexity index is 637. The average molecular weight is 299 g/mol. The zero-order chi connectivity index (χ0) is 15.6. The number of aliphatic hydroxyl groups is 3. The van der Waals surface area contributed by atoms with Gasteiger partial charge in [0.1, 0.15) is 18.3 Å². The first kappa shape index (κ1) is 15.6. The summed E-state index contributed by atoms with van der Waals surface area (Å²) in [6.45, 7) is -0.292. The molecule has 1 aromatic heterocycles. The van der Waals surface area contributed by atoms with E-state index in [4.69, 9.17) is 15.6 Å². The van der Waals surface area contributed by atoms with Gasteiger partial charge in [-0.1, -0.05) is 12.2 Å². The molecule has 0 amide bonds. The predicted molar refractivity (Wildman–Crippen MR) is 72.4 cm³/mol. The van der Waals surface area contributed by atoms with Crippen LogP contribution in [-0.2, 0) is 4.74 Å². The summed E-state index contributed by atoms with van der Waals surface area (Å²) in [5, 5.41) is 28.6. The van der Waals surface area contributed by atoms with Crippen molar-refractivity contribution in [2.24, 2.45) is 5.73 Å². The topological polar surface area (TPSA) is 151 Å². The first-order valence-corrected chi connectivity index (χ1v) is 6.34. The summed E-state index contributed by atoms with van der Waals surface area (Å²) in [5.74, 6) is 0. The monoisotopic (exact) mass is 299 g/mol. The highest BCUT2D eigenvalue weighted by Crippen LogP contribution is 2.27. The average Bonchev–Trinajstić information content (AvgIpc) is 2.74. The lowest BCUT2D eigenvalue weighted by Gasteiger charge is -2.17. The lowest BCUT2D eigenvalue weighted by atomic mass is 10.1. The smallest absolute Gasteiger partial charge is 0.330 e. The van der Waals surface area contributed by atoms with Gasteiger partial charge in [-0.25, -0.2) is 4.79 Å². The van der Waals surface area contributed by atoms with E-state index in [0.29, 0.717) is 0 Å². The Morgan fingerprint density at radius 3 is 2.67 bits per heavy atom. The maximum absolute atomic E-state index is 11.8. The van der Waals surface area contributed by atoms with E-state index in [1.54, 1.807) is 0 Å². The minimum Gasteiger partial charge on any atom is -0.394 e. The van der Waals surface area contributed by atoms with Gasteiger partial charge in [-0.15, -0.1) is 0 Å². The van der Waals surface area contributed by atoms with Crippen molar-refractivity contribution < 1.29 is 20.1 Å². The molecule has 0 saturated carbocycles. The van der Waals surface area contributed by atoms with Gasteiger partial charge in [0, 0.05) is 12.7 Å². The second kappa shape index (κ2) is 6.33. The molecular weight excluding hydrogens is 282 g/mol. The van der Waals surface area contributed by atoms with Crippen molar-refractivity contribution in [3.63, 3.8) is 0 Å². The van der Waals surface area contributed by atoms with Crippen LogP contribution in [-0.4, -0.2) is 56.3 Å². The lowest BCUT2D eigenvalue weighted by Crippen LogP contribution is -2.38. The number of nitrogens with zero attached hydrogens (tertiary/aromatic N) is 1. The van der Waals surface area contributed by atoms with E-state index < -0.39 is 42.4 Å². The fourth-order valence-corrected chi connectivity index (χ4v) is 2.11. The van der Waals surface area contributed by atoms with Crippen LogP contribution in [0.5, 0.6) is 0 Å². The van der Waals surface area contributed by atoms with Gasteiger partial charge in [-0.3, -0.25) is 14.3 Å². The molecule has 1 unspecified atom stereocenters. The highest BCUT2D eigenvalue weighted by Gasteiger charge is 2.43. The molecule has 9 nitrogen and oxygen atoms in total. The van der Waals surface area contributed by atoms with Crippen LogP contribution >= 0.6 is 0 Å². The highest BCUT2D eigenvalue weighted by molar-refractivity contribution is 5.46. The van der Waals surface area contributed by atoms with Crippen molar-refractivity contribution in [2.45, 2.75) is 24.5 Å². The molecule has 21 heavy (non-hydrogen) atoms. The number of hydrogen-bond donors (Lipinski definition) is 5. The minimum atomic E-state index is -1.41. The number of aliphatic hydroxyl groups excluding tert-OH is 3. The number of rotatable bonds is 4. The Morgan fingerprint density at radius 1 is 1.38 bits per heavy atom. The molecule has 0 bridgehead atoms. The van der Waals surface area contributed by atoms with E-state index >= 15 is 0 Å². The molecule has 2 heterocycles. The van der Waals surface area contributed by atoms with Crippen LogP contribution in [0.2, 0.25) is 0 Å². The molecule has 1 aliphatic rings. The van der Waals surface area contributed by atoms with Crippen LogP contribution in [0, 0.1) is 0 Å². The normalized spacial score (nSPS) is 29.3. The second-order valence-corrected chi connectivity index (χ2v) is 4.62. The van der Waals surface area contributed by atoms with Crippen LogP contribution < -0.4 is 17.0 Å². The Balaban J connectivity index is 2.42. The first-order valence-electron chi connectivity index (χ1n) is 6.34. The fourth-order valence-electron chi connectivity index (χ4n) is 2.11. The number of hydrogen-bond acceptors (Lipinski definition) is 7. The highest BCUT2D eigenvalue weighted by atomic mass is 16.6. The van der Waals surface area contributed by atoms with Gasteiger partial charge >= 0.3 is 5.69 Å². The predicted octanol–water partition coefficient (Wildman–Crippen LogP) is -2.88. The van der Waals surface area contributed by atoms with E-state index in [-0.39, 0.29) is 12.1 Å². The van der Waals surface area contributed by atoms with Crippen molar-refractivity contribution >= 4 is 6.08 Å². The van der Waals surface area contributed by atoms with E-state index in [2.05, 4.69) is 4.98 Å². The molecule has 1 fully saturated rings. The van der Waals surface area contributed by atoms with E-state index in [9.17, 15) is 19.8 Å². The van der Waals surface area contributed by atoms with Gasteiger partial charge < -0.3 is 25.8 Å². The minimum absolute atomic E-state index is 0.151. The maximum Gasteiger partial charge on any atom is 0.330 e. The number of ether oxygens (including phenoxy) is 1. The fraction of sp³-hybridized carbons (Fsp3) is 0.500. The van der Waals surface area contributed by atoms with Crippen molar-refractivity contribution in [3.8, 4) is 0 Å². The van der Waals surface area contributed by atoms with Gasteiger partial charge in [0.15, 0.2) is 6.23 Å². The van der Waals surface area contributed by atoms with Crippen LogP contribution in [0.25, 0.3) is 6.08 Å².